The first-order valence-electron chi connectivity index (χ1n) is 7.31. The summed E-state index contributed by atoms with van der Waals surface area (Å²) < 4.78 is 28.8. The Morgan fingerprint density at radius 2 is 2.04 bits per heavy atom. The van der Waals surface area contributed by atoms with Crippen LogP contribution in [-0.2, 0) is 24.1 Å². The van der Waals surface area contributed by atoms with Gasteiger partial charge in [-0.1, -0.05) is 0 Å². The SMILES string of the molecule is Cl.Cn1cc(S(=O)(=O)N2CC3CNCC3(CO)C2)c(=O)n(C)c1=O. The van der Waals surface area contributed by atoms with Gasteiger partial charge in [-0.2, -0.15) is 4.31 Å². The predicted molar refractivity (Wildman–Crippen MR) is 88.8 cm³/mol. The summed E-state index contributed by atoms with van der Waals surface area (Å²) in [5, 5.41) is 12.9. The van der Waals surface area contributed by atoms with E-state index in [1.807, 2.05) is 0 Å². The first-order valence-corrected chi connectivity index (χ1v) is 8.75. The summed E-state index contributed by atoms with van der Waals surface area (Å²) in [6.07, 6.45) is 1.07. The van der Waals surface area contributed by atoms with Gasteiger partial charge >= 0.3 is 5.69 Å². The molecule has 0 bridgehead atoms. The lowest BCUT2D eigenvalue weighted by Crippen LogP contribution is -2.43. The molecule has 2 aliphatic rings. The fourth-order valence-corrected chi connectivity index (χ4v) is 5.20. The molecule has 1 aromatic rings. The maximum Gasteiger partial charge on any atom is 0.330 e. The van der Waals surface area contributed by atoms with E-state index in [-0.39, 0.29) is 38.0 Å². The van der Waals surface area contributed by atoms with Crippen molar-refractivity contribution in [2.75, 3.05) is 32.8 Å². The monoisotopic (exact) mass is 380 g/mol. The molecule has 2 fully saturated rings. The van der Waals surface area contributed by atoms with Crippen LogP contribution in [0, 0.1) is 11.3 Å². The standard InChI is InChI=1S/C13H20N4O5S.ClH/c1-15-5-10(11(19)16(2)12(15)20)23(21,22)17-4-9-3-14-6-13(9,7-17)8-18;/h5,9,14,18H,3-4,6-8H2,1-2H3;1H. The number of aliphatic hydroxyl groups excluding tert-OH is 1. The average Bonchev–Trinajstić information content (AvgIpc) is 3.06. The molecular formula is C13H21ClN4O5S. The number of hydrogen-bond donors (Lipinski definition) is 2. The highest BCUT2D eigenvalue weighted by Crippen LogP contribution is 2.40. The van der Waals surface area contributed by atoms with E-state index in [9.17, 15) is 23.1 Å². The second-order valence-corrected chi connectivity index (χ2v) is 8.30. The molecule has 0 spiro atoms. The van der Waals surface area contributed by atoms with Gasteiger partial charge in [0.15, 0.2) is 4.90 Å². The van der Waals surface area contributed by atoms with E-state index in [4.69, 9.17) is 0 Å². The third-order valence-electron chi connectivity index (χ3n) is 5.00. The van der Waals surface area contributed by atoms with Crippen LogP contribution in [-0.4, -0.2) is 59.7 Å². The Labute approximate surface area is 145 Å². The lowest BCUT2D eigenvalue weighted by Gasteiger charge is -2.25. The minimum Gasteiger partial charge on any atom is -0.396 e. The number of hydrogen-bond acceptors (Lipinski definition) is 6. The zero-order chi connectivity index (χ0) is 17.0. The number of nitrogens with one attached hydrogen (secondary N) is 1. The zero-order valence-electron chi connectivity index (χ0n) is 13.4. The van der Waals surface area contributed by atoms with Crippen LogP contribution in [0.5, 0.6) is 0 Å². The summed E-state index contributed by atoms with van der Waals surface area (Å²) in [6.45, 7) is 1.49. The topological polar surface area (TPSA) is 114 Å². The van der Waals surface area contributed by atoms with E-state index in [1.165, 1.54) is 18.4 Å². The van der Waals surface area contributed by atoms with Gasteiger partial charge in [-0.25, -0.2) is 13.2 Å². The number of nitrogens with zero attached hydrogens (tertiary/aromatic N) is 3. The summed E-state index contributed by atoms with van der Waals surface area (Å²) in [7, 11) is -1.37. The molecule has 2 unspecified atom stereocenters. The highest BCUT2D eigenvalue weighted by Gasteiger charge is 2.52. The zero-order valence-corrected chi connectivity index (χ0v) is 15.1. The molecular weight excluding hydrogens is 360 g/mol. The van der Waals surface area contributed by atoms with Crippen LogP contribution in [0.4, 0.5) is 0 Å². The Morgan fingerprint density at radius 1 is 1.38 bits per heavy atom. The normalized spacial score (nSPS) is 27.0. The fourth-order valence-electron chi connectivity index (χ4n) is 3.47. The number of halogens is 1. The molecule has 11 heteroatoms. The number of fused-ring (bicyclic) bond motifs is 1. The van der Waals surface area contributed by atoms with Gasteiger partial charge in [0.2, 0.25) is 10.0 Å². The third kappa shape index (κ3) is 2.62. The van der Waals surface area contributed by atoms with Gasteiger partial charge in [-0.3, -0.25) is 9.36 Å². The second-order valence-electron chi connectivity index (χ2n) is 6.40. The van der Waals surface area contributed by atoms with E-state index in [0.29, 0.717) is 13.1 Å². The molecule has 24 heavy (non-hydrogen) atoms. The summed E-state index contributed by atoms with van der Waals surface area (Å²) in [5.74, 6) is 0.0126. The van der Waals surface area contributed by atoms with Crippen molar-refractivity contribution in [3.8, 4) is 0 Å². The second kappa shape index (κ2) is 6.26. The molecule has 3 rings (SSSR count). The van der Waals surface area contributed by atoms with E-state index in [0.717, 1.165) is 15.3 Å². The van der Waals surface area contributed by atoms with Crippen molar-refractivity contribution in [3.63, 3.8) is 0 Å². The van der Waals surface area contributed by atoms with Crippen molar-refractivity contribution in [2.24, 2.45) is 25.4 Å². The highest BCUT2D eigenvalue weighted by atomic mass is 35.5. The van der Waals surface area contributed by atoms with Crippen LogP contribution in [0.25, 0.3) is 0 Å². The third-order valence-corrected chi connectivity index (χ3v) is 6.79. The molecule has 0 amide bonds. The molecule has 1 aromatic heterocycles. The maximum atomic E-state index is 12.9. The Hall–Kier alpha value is -1.20. The number of aryl methyl sites for hydroxylation is 1. The van der Waals surface area contributed by atoms with Crippen molar-refractivity contribution < 1.29 is 13.5 Å². The minimum atomic E-state index is -4.02. The number of aromatic nitrogens is 2. The van der Waals surface area contributed by atoms with Gasteiger partial charge in [0.25, 0.3) is 5.56 Å². The average molecular weight is 381 g/mol. The van der Waals surface area contributed by atoms with Gasteiger partial charge < -0.3 is 15.0 Å². The van der Waals surface area contributed by atoms with Crippen molar-refractivity contribution in [3.05, 3.63) is 27.0 Å². The van der Waals surface area contributed by atoms with Gasteiger partial charge in [0.1, 0.15) is 0 Å². The van der Waals surface area contributed by atoms with Gasteiger partial charge in [0.05, 0.1) is 6.61 Å². The van der Waals surface area contributed by atoms with E-state index >= 15 is 0 Å². The summed E-state index contributed by atoms with van der Waals surface area (Å²) >= 11 is 0. The number of rotatable bonds is 3. The van der Waals surface area contributed by atoms with Crippen LogP contribution >= 0.6 is 12.4 Å². The summed E-state index contributed by atoms with van der Waals surface area (Å²) in [5.41, 5.74) is -1.91. The van der Waals surface area contributed by atoms with Crippen LogP contribution < -0.4 is 16.6 Å². The minimum absolute atomic E-state index is 0. The Bertz CT molecular complexity index is 864. The predicted octanol–water partition coefficient (Wildman–Crippen LogP) is -2.29. The number of aliphatic hydroxyl groups is 1. The van der Waals surface area contributed by atoms with Gasteiger partial charge in [-0.15, -0.1) is 12.4 Å². The van der Waals surface area contributed by atoms with Crippen LogP contribution in [0.2, 0.25) is 0 Å². The lowest BCUT2D eigenvalue weighted by atomic mass is 9.82. The maximum absolute atomic E-state index is 12.9. The quantitative estimate of drug-likeness (QED) is 0.610. The molecule has 0 radical (unpaired) electrons. The van der Waals surface area contributed by atoms with Crippen molar-refractivity contribution in [1.82, 2.24) is 18.8 Å². The molecule has 2 saturated heterocycles. The molecule has 2 aliphatic heterocycles. The summed E-state index contributed by atoms with van der Waals surface area (Å²) in [4.78, 5) is 23.5. The molecule has 0 saturated carbocycles. The molecule has 2 atom stereocenters. The first kappa shape index (κ1) is 19.1. The van der Waals surface area contributed by atoms with Crippen LogP contribution in [0.1, 0.15) is 0 Å². The highest BCUT2D eigenvalue weighted by molar-refractivity contribution is 7.89. The summed E-state index contributed by atoms with van der Waals surface area (Å²) in [6, 6.07) is 0. The van der Waals surface area contributed by atoms with Crippen molar-refractivity contribution in [2.45, 2.75) is 4.90 Å². The van der Waals surface area contributed by atoms with Gasteiger partial charge in [0, 0.05) is 45.3 Å². The van der Waals surface area contributed by atoms with Gasteiger partial charge in [-0.05, 0) is 12.5 Å². The Balaban J connectivity index is 0.00000208. The molecule has 0 aliphatic carbocycles. The van der Waals surface area contributed by atoms with E-state index < -0.39 is 31.6 Å². The largest absolute Gasteiger partial charge is 0.396 e. The molecule has 3 heterocycles. The smallest absolute Gasteiger partial charge is 0.330 e. The Morgan fingerprint density at radius 3 is 2.62 bits per heavy atom. The Kier molecular flexibility index (Phi) is 4.99. The van der Waals surface area contributed by atoms with Crippen molar-refractivity contribution >= 4 is 22.4 Å². The molecule has 136 valence electrons. The molecule has 0 aromatic carbocycles. The molecule has 9 nitrogen and oxygen atoms in total. The molecule has 2 N–H and O–H groups in total. The number of sulfonamides is 1. The van der Waals surface area contributed by atoms with E-state index in [1.54, 1.807) is 0 Å². The van der Waals surface area contributed by atoms with Crippen LogP contribution in [0.3, 0.4) is 0 Å². The first-order chi connectivity index (χ1) is 10.7. The fraction of sp³-hybridized carbons (Fsp3) is 0.692. The van der Waals surface area contributed by atoms with Crippen LogP contribution in [0.15, 0.2) is 20.7 Å². The van der Waals surface area contributed by atoms with E-state index in [2.05, 4.69) is 5.32 Å². The van der Waals surface area contributed by atoms with Crippen molar-refractivity contribution in [1.29, 1.82) is 0 Å². The lowest BCUT2D eigenvalue weighted by molar-refractivity contribution is 0.130.